The summed E-state index contributed by atoms with van der Waals surface area (Å²) in [4.78, 5) is 22.1. The first-order valence-electron chi connectivity index (χ1n) is 4.87. The van der Waals surface area contributed by atoms with E-state index in [4.69, 9.17) is 16.6 Å². The number of hydrogen-bond acceptors (Lipinski definition) is 4. The molecule has 0 aromatic carbocycles. The number of rotatable bonds is 6. The van der Waals surface area contributed by atoms with E-state index in [1.807, 2.05) is 13.8 Å². The van der Waals surface area contributed by atoms with Gasteiger partial charge in [-0.3, -0.25) is 4.79 Å². The fraction of sp³-hybridized carbons (Fsp3) is 0.778. The number of carbonyl (C=O) groups excluding carboxylic acids is 1. The number of aliphatic carboxylic acids is 1. The lowest BCUT2D eigenvalue weighted by Gasteiger charge is -2.18. The van der Waals surface area contributed by atoms with Gasteiger partial charge in [-0.2, -0.15) is 0 Å². The largest absolute Gasteiger partial charge is 0.480 e. The molecule has 6 heteroatoms. The third-order valence-corrected chi connectivity index (χ3v) is 1.91. The van der Waals surface area contributed by atoms with Crippen LogP contribution in [0.4, 0.5) is 0 Å². The quantitative estimate of drug-likeness (QED) is 0.450. The highest BCUT2D eigenvalue weighted by molar-refractivity contribution is 5.86. The molecule has 0 heterocycles. The fourth-order valence-corrected chi connectivity index (χ4v) is 1.08. The zero-order valence-electron chi connectivity index (χ0n) is 9.06. The molecular weight excluding hydrogens is 198 g/mol. The zero-order valence-corrected chi connectivity index (χ0v) is 9.06. The van der Waals surface area contributed by atoms with Gasteiger partial charge in [0.2, 0.25) is 5.91 Å². The molecular formula is C9H19N3O3. The second-order valence-corrected chi connectivity index (χ2v) is 3.87. The monoisotopic (exact) mass is 217 g/mol. The van der Waals surface area contributed by atoms with E-state index < -0.39 is 24.0 Å². The van der Waals surface area contributed by atoms with Crippen molar-refractivity contribution >= 4 is 11.9 Å². The maximum Gasteiger partial charge on any atom is 0.326 e. The van der Waals surface area contributed by atoms with E-state index in [9.17, 15) is 9.59 Å². The van der Waals surface area contributed by atoms with E-state index in [0.29, 0.717) is 6.42 Å². The van der Waals surface area contributed by atoms with E-state index in [0.717, 1.165) is 0 Å². The van der Waals surface area contributed by atoms with Crippen molar-refractivity contribution in [2.45, 2.75) is 32.4 Å². The predicted octanol–water partition coefficient (Wildman–Crippen LogP) is -1.11. The van der Waals surface area contributed by atoms with Gasteiger partial charge in [0.15, 0.2) is 0 Å². The predicted molar refractivity (Wildman–Crippen MR) is 56.1 cm³/mol. The van der Waals surface area contributed by atoms with Crippen molar-refractivity contribution in [3.05, 3.63) is 0 Å². The highest BCUT2D eigenvalue weighted by atomic mass is 16.4. The molecule has 2 atom stereocenters. The Kier molecular flexibility index (Phi) is 5.88. The Morgan fingerprint density at radius 1 is 1.40 bits per heavy atom. The van der Waals surface area contributed by atoms with Crippen molar-refractivity contribution in [1.29, 1.82) is 0 Å². The first-order valence-corrected chi connectivity index (χ1v) is 4.87. The molecule has 0 bridgehead atoms. The lowest BCUT2D eigenvalue weighted by atomic mass is 10.0. The van der Waals surface area contributed by atoms with Gasteiger partial charge in [0.1, 0.15) is 6.04 Å². The molecule has 0 saturated carbocycles. The Balaban J connectivity index is 4.29. The summed E-state index contributed by atoms with van der Waals surface area (Å²) in [6, 6.07) is -1.74. The number of nitrogens with two attached hydrogens (primary N) is 2. The lowest BCUT2D eigenvalue weighted by molar-refractivity contribution is -0.142. The van der Waals surface area contributed by atoms with Crippen LogP contribution in [0.15, 0.2) is 0 Å². The van der Waals surface area contributed by atoms with Crippen LogP contribution in [0.1, 0.15) is 20.3 Å². The Morgan fingerprint density at radius 3 is 2.27 bits per heavy atom. The Bertz CT molecular complexity index is 231. The van der Waals surface area contributed by atoms with Crippen LogP contribution in [0.5, 0.6) is 0 Å². The number of amides is 1. The molecule has 0 radical (unpaired) electrons. The molecule has 1 amide bonds. The number of carboxylic acid groups (broad SMARTS) is 1. The molecule has 0 saturated heterocycles. The number of carbonyl (C=O) groups is 2. The zero-order chi connectivity index (χ0) is 12.0. The van der Waals surface area contributed by atoms with Crippen LogP contribution in [0.3, 0.4) is 0 Å². The first-order chi connectivity index (χ1) is 6.88. The van der Waals surface area contributed by atoms with Crippen molar-refractivity contribution in [2.75, 3.05) is 6.54 Å². The smallest absolute Gasteiger partial charge is 0.326 e. The van der Waals surface area contributed by atoms with Gasteiger partial charge in [0.25, 0.3) is 0 Å². The van der Waals surface area contributed by atoms with E-state index in [1.54, 1.807) is 0 Å². The first kappa shape index (κ1) is 13.9. The summed E-state index contributed by atoms with van der Waals surface area (Å²) in [5.74, 6) is -1.40. The second kappa shape index (κ2) is 6.36. The average molecular weight is 217 g/mol. The van der Waals surface area contributed by atoms with Gasteiger partial charge in [0, 0.05) is 6.54 Å². The summed E-state index contributed by atoms with van der Waals surface area (Å²) in [6.45, 7) is 3.76. The number of carboxylic acids is 1. The maximum atomic E-state index is 11.3. The summed E-state index contributed by atoms with van der Waals surface area (Å²) < 4.78 is 0. The molecule has 0 aromatic heterocycles. The van der Waals surface area contributed by atoms with Gasteiger partial charge in [-0.05, 0) is 12.3 Å². The standard InChI is InChI=1S/C9H19N3O3/c1-5(2)3-7(9(14)15)12-8(13)6(11)4-10/h5-7H,3-4,10-11H2,1-2H3,(H,12,13)(H,14,15)/t6-,7-/m1/s1. The highest BCUT2D eigenvalue weighted by Crippen LogP contribution is 2.04. The van der Waals surface area contributed by atoms with E-state index in [-0.39, 0.29) is 12.5 Å². The molecule has 0 aromatic rings. The minimum Gasteiger partial charge on any atom is -0.480 e. The van der Waals surface area contributed by atoms with Gasteiger partial charge in [0.05, 0.1) is 6.04 Å². The third kappa shape index (κ3) is 5.34. The fourth-order valence-electron chi connectivity index (χ4n) is 1.08. The summed E-state index contributed by atoms with van der Waals surface area (Å²) in [5.41, 5.74) is 10.6. The summed E-state index contributed by atoms with van der Waals surface area (Å²) >= 11 is 0. The number of hydrogen-bond donors (Lipinski definition) is 4. The molecule has 0 aliphatic rings. The third-order valence-electron chi connectivity index (χ3n) is 1.91. The molecule has 0 spiro atoms. The van der Waals surface area contributed by atoms with Crippen LogP contribution in [-0.4, -0.2) is 35.6 Å². The molecule has 15 heavy (non-hydrogen) atoms. The normalized spacial score (nSPS) is 14.7. The maximum absolute atomic E-state index is 11.3. The molecule has 6 nitrogen and oxygen atoms in total. The van der Waals surface area contributed by atoms with Gasteiger partial charge in [-0.1, -0.05) is 13.8 Å². The van der Waals surface area contributed by atoms with Crippen molar-refractivity contribution in [2.24, 2.45) is 17.4 Å². The number of nitrogens with one attached hydrogen (secondary N) is 1. The van der Waals surface area contributed by atoms with Gasteiger partial charge < -0.3 is 21.9 Å². The van der Waals surface area contributed by atoms with Crippen LogP contribution in [0.2, 0.25) is 0 Å². The topological polar surface area (TPSA) is 118 Å². The Hall–Kier alpha value is -1.14. The molecule has 0 aliphatic heterocycles. The van der Waals surface area contributed by atoms with Crippen LogP contribution in [0, 0.1) is 5.92 Å². The Morgan fingerprint density at radius 2 is 1.93 bits per heavy atom. The van der Waals surface area contributed by atoms with E-state index in [1.165, 1.54) is 0 Å². The van der Waals surface area contributed by atoms with Crippen LogP contribution < -0.4 is 16.8 Å². The minimum absolute atomic E-state index is 0.000148. The molecule has 0 rings (SSSR count). The average Bonchev–Trinajstić information content (AvgIpc) is 2.14. The molecule has 6 N–H and O–H groups in total. The van der Waals surface area contributed by atoms with Crippen LogP contribution in [-0.2, 0) is 9.59 Å². The highest BCUT2D eigenvalue weighted by Gasteiger charge is 2.23. The van der Waals surface area contributed by atoms with Crippen molar-refractivity contribution in [3.63, 3.8) is 0 Å². The molecule has 0 fully saturated rings. The van der Waals surface area contributed by atoms with Gasteiger partial charge in [-0.25, -0.2) is 4.79 Å². The molecule has 88 valence electrons. The van der Waals surface area contributed by atoms with Crippen LogP contribution in [0.25, 0.3) is 0 Å². The van der Waals surface area contributed by atoms with E-state index in [2.05, 4.69) is 5.32 Å². The van der Waals surface area contributed by atoms with Gasteiger partial charge >= 0.3 is 5.97 Å². The van der Waals surface area contributed by atoms with Gasteiger partial charge in [-0.15, -0.1) is 0 Å². The molecule has 0 unspecified atom stereocenters. The van der Waals surface area contributed by atoms with Crippen molar-refractivity contribution < 1.29 is 14.7 Å². The van der Waals surface area contributed by atoms with Crippen molar-refractivity contribution in [3.8, 4) is 0 Å². The van der Waals surface area contributed by atoms with E-state index >= 15 is 0 Å². The summed E-state index contributed by atoms with van der Waals surface area (Å²) in [7, 11) is 0. The summed E-state index contributed by atoms with van der Waals surface area (Å²) in [6.07, 6.45) is 0.373. The second-order valence-electron chi connectivity index (χ2n) is 3.87. The Labute approximate surface area is 89.0 Å². The molecule has 0 aliphatic carbocycles. The minimum atomic E-state index is -1.05. The van der Waals surface area contributed by atoms with Crippen LogP contribution >= 0.6 is 0 Å². The SMILES string of the molecule is CC(C)C[C@@H](NC(=O)[C@H](N)CN)C(=O)O. The lowest BCUT2D eigenvalue weighted by Crippen LogP contribution is -2.51. The van der Waals surface area contributed by atoms with Crippen molar-refractivity contribution in [1.82, 2.24) is 5.32 Å². The summed E-state index contributed by atoms with van der Waals surface area (Å²) in [5, 5.41) is 11.2.